The van der Waals surface area contributed by atoms with Crippen LogP contribution >= 0.6 is 0 Å². The standard InChI is InChI=1S/C15H18N2O2/c1-17(10-4-7-15(18)19)11-13-9-8-12-5-2-3-6-14(12)16-13/h2-3,5-6,8-9H,4,7,10-11H2,1H3,(H,18,19). The zero-order chi connectivity index (χ0) is 13.7. The van der Waals surface area contributed by atoms with Crippen LogP contribution in [0.4, 0.5) is 0 Å². The minimum Gasteiger partial charge on any atom is -0.481 e. The lowest BCUT2D eigenvalue weighted by Gasteiger charge is -2.15. The number of fused-ring (bicyclic) bond motifs is 1. The van der Waals surface area contributed by atoms with E-state index in [0.717, 1.165) is 29.7 Å². The van der Waals surface area contributed by atoms with Crippen molar-refractivity contribution >= 4 is 16.9 Å². The second-order valence-electron chi connectivity index (χ2n) is 4.73. The Hall–Kier alpha value is -1.94. The maximum atomic E-state index is 10.5. The predicted octanol–water partition coefficient (Wildman–Crippen LogP) is 2.53. The summed E-state index contributed by atoms with van der Waals surface area (Å²) >= 11 is 0. The molecule has 0 spiro atoms. The van der Waals surface area contributed by atoms with Crippen LogP contribution in [0.25, 0.3) is 10.9 Å². The Kier molecular flexibility index (Phi) is 4.47. The molecule has 0 aliphatic rings. The van der Waals surface area contributed by atoms with Gasteiger partial charge >= 0.3 is 5.97 Å². The fraction of sp³-hybridized carbons (Fsp3) is 0.333. The lowest BCUT2D eigenvalue weighted by Crippen LogP contribution is -2.20. The molecule has 0 fully saturated rings. The van der Waals surface area contributed by atoms with Crippen LogP contribution in [0.2, 0.25) is 0 Å². The number of carboxylic acids is 1. The molecule has 0 aliphatic heterocycles. The van der Waals surface area contributed by atoms with Crippen molar-refractivity contribution in [2.45, 2.75) is 19.4 Å². The van der Waals surface area contributed by atoms with E-state index >= 15 is 0 Å². The van der Waals surface area contributed by atoms with E-state index in [2.05, 4.69) is 16.0 Å². The molecule has 1 heterocycles. The Morgan fingerprint density at radius 3 is 2.84 bits per heavy atom. The van der Waals surface area contributed by atoms with Gasteiger partial charge in [-0.05, 0) is 32.1 Å². The molecule has 19 heavy (non-hydrogen) atoms. The van der Waals surface area contributed by atoms with E-state index in [-0.39, 0.29) is 6.42 Å². The van der Waals surface area contributed by atoms with Gasteiger partial charge in [-0.15, -0.1) is 0 Å². The Morgan fingerprint density at radius 2 is 2.05 bits per heavy atom. The molecule has 0 amide bonds. The summed E-state index contributed by atoms with van der Waals surface area (Å²) in [5, 5.41) is 9.74. The molecule has 1 aromatic carbocycles. The maximum Gasteiger partial charge on any atom is 0.303 e. The molecule has 0 bridgehead atoms. The van der Waals surface area contributed by atoms with Gasteiger partial charge in [0.25, 0.3) is 0 Å². The SMILES string of the molecule is CN(CCCC(=O)O)Cc1ccc2ccccc2n1. The normalized spacial score (nSPS) is 11.1. The van der Waals surface area contributed by atoms with E-state index < -0.39 is 5.97 Å². The lowest BCUT2D eigenvalue weighted by molar-refractivity contribution is -0.137. The number of hydrogen-bond donors (Lipinski definition) is 1. The van der Waals surface area contributed by atoms with Crippen LogP contribution in [0.5, 0.6) is 0 Å². The third-order valence-electron chi connectivity index (χ3n) is 3.02. The number of aliphatic carboxylic acids is 1. The molecule has 100 valence electrons. The zero-order valence-corrected chi connectivity index (χ0v) is 11.0. The van der Waals surface area contributed by atoms with Crippen molar-refractivity contribution in [1.82, 2.24) is 9.88 Å². The van der Waals surface area contributed by atoms with Crippen LogP contribution in [0.15, 0.2) is 36.4 Å². The molecular formula is C15H18N2O2. The summed E-state index contributed by atoms with van der Waals surface area (Å²) in [6, 6.07) is 12.1. The van der Waals surface area contributed by atoms with Crippen molar-refractivity contribution in [1.29, 1.82) is 0 Å². The van der Waals surface area contributed by atoms with Gasteiger partial charge in [-0.3, -0.25) is 9.78 Å². The van der Waals surface area contributed by atoms with Crippen LogP contribution in [0, 0.1) is 0 Å². The summed E-state index contributed by atoms with van der Waals surface area (Å²) in [7, 11) is 1.98. The highest BCUT2D eigenvalue weighted by Crippen LogP contribution is 2.12. The number of aromatic nitrogens is 1. The summed E-state index contributed by atoms with van der Waals surface area (Å²) in [5.74, 6) is -0.739. The second kappa shape index (κ2) is 6.29. The quantitative estimate of drug-likeness (QED) is 0.865. The summed E-state index contributed by atoms with van der Waals surface area (Å²) in [6.45, 7) is 1.51. The molecule has 4 nitrogen and oxygen atoms in total. The molecule has 0 saturated heterocycles. The smallest absolute Gasteiger partial charge is 0.303 e. The number of pyridine rings is 1. The molecule has 0 unspecified atom stereocenters. The van der Waals surface area contributed by atoms with Crippen molar-refractivity contribution in [2.24, 2.45) is 0 Å². The van der Waals surface area contributed by atoms with Crippen LogP contribution in [-0.2, 0) is 11.3 Å². The zero-order valence-electron chi connectivity index (χ0n) is 11.0. The van der Waals surface area contributed by atoms with Crippen LogP contribution in [-0.4, -0.2) is 34.6 Å². The minimum absolute atomic E-state index is 0.218. The van der Waals surface area contributed by atoms with Gasteiger partial charge in [-0.2, -0.15) is 0 Å². The Balaban J connectivity index is 1.95. The Labute approximate surface area is 112 Å². The topological polar surface area (TPSA) is 53.4 Å². The molecule has 2 aromatic rings. The predicted molar refractivity (Wildman–Crippen MR) is 74.9 cm³/mol. The number of carboxylic acid groups (broad SMARTS) is 1. The molecule has 0 radical (unpaired) electrons. The number of para-hydroxylation sites is 1. The van der Waals surface area contributed by atoms with E-state index in [1.54, 1.807) is 0 Å². The van der Waals surface area contributed by atoms with Crippen molar-refractivity contribution in [2.75, 3.05) is 13.6 Å². The van der Waals surface area contributed by atoms with Gasteiger partial charge in [0.1, 0.15) is 0 Å². The summed E-state index contributed by atoms with van der Waals surface area (Å²) in [4.78, 5) is 17.2. The number of rotatable bonds is 6. The van der Waals surface area contributed by atoms with Gasteiger partial charge in [-0.1, -0.05) is 24.3 Å². The van der Waals surface area contributed by atoms with Gasteiger partial charge in [0.2, 0.25) is 0 Å². The van der Waals surface area contributed by atoms with E-state index in [4.69, 9.17) is 5.11 Å². The van der Waals surface area contributed by atoms with Crippen LogP contribution in [0.3, 0.4) is 0 Å². The molecule has 4 heteroatoms. The monoisotopic (exact) mass is 258 g/mol. The van der Waals surface area contributed by atoms with Crippen LogP contribution in [0.1, 0.15) is 18.5 Å². The van der Waals surface area contributed by atoms with E-state index in [0.29, 0.717) is 6.42 Å². The largest absolute Gasteiger partial charge is 0.481 e. The third kappa shape index (κ3) is 4.03. The first-order valence-corrected chi connectivity index (χ1v) is 6.40. The van der Waals surface area contributed by atoms with Crippen molar-refractivity contribution in [3.63, 3.8) is 0 Å². The average molecular weight is 258 g/mol. The summed E-state index contributed by atoms with van der Waals surface area (Å²) < 4.78 is 0. The Bertz CT molecular complexity index is 569. The van der Waals surface area contributed by atoms with E-state index in [1.807, 2.05) is 37.4 Å². The fourth-order valence-electron chi connectivity index (χ4n) is 2.05. The number of carbonyl (C=O) groups is 1. The van der Waals surface area contributed by atoms with E-state index in [9.17, 15) is 4.79 Å². The van der Waals surface area contributed by atoms with Gasteiger partial charge in [-0.25, -0.2) is 0 Å². The molecular weight excluding hydrogens is 240 g/mol. The highest BCUT2D eigenvalue weighted by atomic mass is 16.4. The number of benzene rings is 1. The van der Waals surface area contributed by atoms with Crippen LogP contribution < -0.4 is 0 Å². The lowest BCUT2D eigenvalue weighted by atomic mass is 10.2. The first kappa shape index (κ1) is 13.5. The Morgan fingerprint density at radius 1 is 1.26 bits per heavy atom. The van der Waals surface area contributed by atoms with Crippen molar-refractivity contribution in [3.05, 3.63) is 42.1 Å². The average Bonchev–Trinajstić information content (AvgIpc) is 2.38. The highest BCUT2D eigenvalue weighted by molar-refractivity contribution is 5.78. The molecule has 0 aliphatic carbocycles. The first-order valence-electron chi connectivity index (χ1n) is 6.40. The summed E-state index contributed by atoms with van der Waals surface area (Å²) in [6.07, 6.45) is 0.884. The minimum atomic E-state index is -0.739. The number of hydrogen-bond acceptors (Lipinski definition) is 3. The van der Waals surface area contributed by atoms with Crippen molar-refractivity contribution < 1.29 is 9.90 Å². The molecule has 1 N–H and O–H groups in total. The van der Waals surface area contributed by atoms with Crippen molar-refractivity contribution in [3.8, 4) is 0 Å². The maximum absolute atomic E-state index is 10.5. The van der Waals surface area contributed by atoms with Gasteiger partial charge < -0.3 is 10.0 Å². The number of nitrogens with zero attached hydrogens (tertiary/aromatic N) is 2. The molecule has 1 aromatic heterocycles. The fourth-order valence-corrected chi connectivity index (χ4v) is 2.05. The van der Waals surface area contributed by atoms with E-state index in [1.165, 1.54) is 0 Å². The van der Waals surface area contributed by atoms with Gasteiger partial charge in [0.05, 0.1) is 11.2 Å². The third-order valence-corrected chi connectivity index (χ3v) is 3.02. The first-order chi connectivity index (χ1) is 9.15. The molecule has 0 atom stereocenters. The summed E-state index contributed by atoms with van der Waals surface area (Å²) in [5.41, 5.74) is 2.01. The highest BCUT2D eigenvalue weighted by Gasteiger charge is 2.04. The molecule has 0 saturated carbocycles. The van der Waals surface area contributed by atoms with Gasteiger partial charge in [0.15, 0.2) is 0 Å². The molecule has 2 rings (SSSR count). The van der Waals surface area contributed by atoms with Gasteiger partial charge in [0, 0.05) is 18.4 Å². The second-order valence-corrected chi connectivity index (χ2v) is 4.73.